The maximum atomic E-state index is 11.0. The number of nitrogens with two attached hydrogens (primary N) is 1. The van der Waals surface area contributed by atoms with Crippen LogP contribution in [-0.2, 0) is 9.53 Å². The second-order valence-electron chi connectivity index (χ2n) is 3.57. The lowest BCUT2D eigenvalue weighted by Gasteiger charge is -2.27. The molecular formula is C10H14N2O2. The minimum atomic E-state index is -0.370. The molecule has 0 spiro atoms. The molecule has 4 nitrogen and oxygen atoms in total. The van der Waals surface area contributed by atoms with Crippen LogP contribution < -0.4 is 5.73 Å². The van der Waals surface area contributed by atoms with Crippen molar-refractivity contribution < 1.29 is 9.53 Å². The predicted molar refractivity (Wildman–Crippen MR) is 52.3 cm³/mol. The lowest BCUT2D eigenvalue weighted by Crippen LogP contribution is -2.34. The molecule has 2 N–H and O–H groups in total. The molecule has 76 valence electrons. The molecule has 2 aliphatic rings. The molecule has 0 radical (unpaired) electrons. The van der Waals surface area contributed by atoms with E-state index < -0.39 is 0 Å². The molecule has 1 unspecified atom stereocenters. The summed E-state index contributed by atoms with van der Waals surface area (Å²) in [6.07, 6.45) is 6.59. The third-order valence-electron chi connectivity index (χ3n) is 2.58. The van der Waals surface area contributed by atoms with Gasteiger partial charge in [0.1, 0.15) is 0 Å². The van der Waals surface area contributed by atoms with Gasteiger partial charge in [0.2, 0.25) is 5.91 Å². The van der Waals surface area contributed by atoms with Crippen molar-refractivity contribution in [2.24, 2.45) is 5.73 Å². The fourth-order valence-electron chi connectivity index (χ4n) is 1.76. The number of rotatable bonds is 2. The fraction of sp³-hybridized carbons (Fsp3) is 0.500. The highest BCUT2D eigenvalue weighted by Gasteiger charge is 2.22. The van der Waals surface area contributed by atoms with Crippen molar-refractivity contribution in [3.05, 3.63) is 23.9 Å². The van der Waals surface area contributed by atoms with Crippen LogP contribution >= 0.6 is 0 Å². The van der Waals surface area contributed by atoms with E-state index in [1.807, 2.05) is 12.3 Å². The third-order valence-corrected chi connectivity index (χ3v) is 2.58. The Balaban J connectivity index is 2.07. The average Bonchev–Trinajstić information content (AvgIpc) is 2.71. The van der Waals surface area contributed by atoms with Crippen LogP contribution in [0, 0.1) is 0 Å². The van der Waals surface area contributed by atoms with Gasteiger partial charge in [-0.1, -0.05) is 12.2 Å². The van der Waals surface area contributed by atoms with Crippen molar-refractivity contribution in [3.8, 4) is 0 Å². The van der Waals surface area contributed by atoms with Gasteiger partial charge in [0, 0.05) is 19.4 Å². The van der Waals surface area contributed by atoms with Crippen LogP contribution in [0.15, 0.2) is 23.9 Å². The SMILES string of the molecule is NC(=O)C1=CN(C2CCOC2)CC=C1. The number of hydrogen-bond donors (Lipinski definition) is 1. The van der Waals surface area contributed by atoms with Crippen molar-refractivity contribution in [3.63, 3.8) is 0 Å². The van der Waals surface area contributed by atoms with E-state index in [4.69, 9.17) is 10.5 Å². The fourth-order valence-corrected chi connectivity index (χ4v) is 1.76. The van der Waals surface area contributed by atoms with E-state index in [0.717, 1.165) is 26.2 Å². The van der Waals surface area contributed by atoms with Gasteiger partial charge in [0.25, 0.3) is 0 Å². The topological polar surface area (TPSA) is 55.6 Å². The highest BCUT2D eigenvalue weighted by Crippen LogP contribution is 2.17. The molecule has 1 saturated heterocycles. The van der Waals surface area contributed by atoms with Crippen LogP contribution in [0.2, 0.25) is 0 Å². The molecule has 14 heavy (non-hydrogen) atoms. The summed E-state index contributed by atoms with van der Waals surface area (Å²) in [4.78, 5) is 13.1. The van der Waals surface area contributed by atoms with Gasteiger partial charge in [-0.25, -0.2) is 0 Å². The Bertz CT molecular complexity index is 290. The first-order chi connectivity index (χ1) is 6.77. The largest absolute Gasteiger partial charge is 0.379 e. The normalized spacial score (nSPS) is 26.4. The Labute approximate surface area is 83.0 Å². The first kappa shape index (κ1) is 9.27. The molecule has 0 aromatic carbocycles. The maximum absolute atomic E-state index is 11.0. The first-order valence-electron chi connectivity index (χ1n) is 4.79. The number of hydrogen-bond acceptors (Lipinski definition) is 3. The minimum absolute atomic E-state index is 0.370. The number of primary amides is 1. The van der Waals surface area contributed by atoms with E-state index in [1.54, 1.807) is 6.08 Å². The zero-order chi connectivity index (χ0) is 9.97. The summed E-state index contributed by atoms with van der Waals surface area (Å²) < 4.78 is 5.29. The van der Waals surface area contributed by atoms with Gasteiger partial charge in [-0.3, -0.25) is 4.79 Å². The third kappa shape index (κ3) is 1.80. The Kier molecular flexibility index (Phi) is 2.54. The molecule has 1 atom stereocenters. The van der Waals surface area contributed by atoms with E-state index in [9.17, 15) is 4.79 Å². The summed E-state index contributed by atoms with van der Waals surface area (Å²) in [7, 11) is 0. The number of amides is 1. The van der Waals surface area contributed by atoms with Gasteiger partial charge in [-0.05, 0) is 6.42 Å². The Hall–Kier alpha value is -1.29. The van der Waals surface area contributed by atoms with Crippen LogP contribution in [-0.4, -0.2) is 36.6 Å². The number of ether oxygens (including phenoxy) is 1. The predicted octanol–water partition coefficient (Wildman–Crippen LogP) is 0.0163. The molecule has 4 heteroatoms. The highest BCUT2D eigenvalue weighted by molar-refractivity contribution is 5.94. The average molecular weight is 194 g/mol. The van der Waals surface area contributed by atoms with Crippen molar-refractivity contribution >= 4 is 5.91 Å². The van der Waals surface area contributed by atoms with Gasteiger partial charge in [0.05, 0.1) is 18.2 Å². The van der Waals surface area contributed by atoms with Crippen LogP contribution in [0.5, 0.6) is 0 Å². The van der Waals surface area contributed by atoms with E-state index in [1.165, 1.54) is 0 Å². The first-order valence-corrected chi connectivity index (χ1v) is 4.79. The second-order valence-corrected chi connectivity index (χ2v) is 3.57. The van der Waals surface area contributed by atoms with Gasteiger partial charge in [-0.15, -0.1) is 0 Å². The van der Waals surface area contributed by atoms with E-state index >= 15 is 0 Å². The Morgan fingerprint density at radius 3 is 3.14 bits per heavy atom. The van der Waals surface area contributed by atoms with E-state index in [0.29, 0.717) is 11.6 Å². The minimum Gasteiger partial charge on any atom is -0.379 e. The van der Waals surface area contributed by atoms with Crippen molar-refractivity contribution in [2.45, 2.75) is 12.5 Å². The quantitative estimate of drug-likeness (QED) is 0.674. The Morgan fingerprint density at radius 1 is 1.64 bits per heavy atom. The zero-order valence-electron chi connectivity index (χ0n) is 7.98. The molecule has 0 bridgehead atoms. The number of carbonyl (C=O) groups is 1. The molecule has 2 rings (SSSR count). The summed E-state index contributed by atoms with van der Waals surface area (Å²) in [5, 5.41) is 0. The molecule has 0 aromatic rings. The van der Waals surface area contributed by atoms with Crippen LogP contribution in [0.25, 0.3) is 0 Å². The van der Waals surface area contributed by atoms with Crippen LogP contribution in [0.3, 0.4) is 0 Å². The van der Waals surface area contributed by atoms with Crippen LogP contribution in [0.4, 0.5) is 0 Å². The Morgan fingerprint density at radius 2 is 2.50 bits per heavy atom. The van der Waals surface area contributed by atoms with E-state index in [2.05, 4.69) is 4.90 Å². The van der Waals surface area contributed by atoms with Gasteiger partial charge >= 0.3 is 0 Å². The molecule has 2 heterocycles. The standard InChI is InChI=1S/C10H14N2O2/c11-10(13)8-2-1-4-12(6-8)9-3-5-14-7-9/h1-2,6,9H,3-5,7H2,(H2,11,13). The highest BCUT2D eigenvalue weighted by atomic mass is 16.5. The summed E-state index contributed by atoms with van der Waals surface area (Å²) >= 11 is 0. The van der Waals surface area contributed by atoms with Gasteiger partial charge in [0.15, 0.2) is 0 Å². The second kappa shape index (κ2) is 3.84. The lowest BCUT2D eigenvalue weighted by molar-refractivity contribution is -0.114. The van der Waals surface area contributed by atoms with E-state index in [-0.39, 0.29) is 5.91 Å². The van der Waals surface area contributed by atoms with Crippen molar-refractivity contribution in [1.82, 2.24) is 4.90 Å². The summed E-state index contributed by atoms with van der Waals surface area (Å²) in [5.74, 6) is -0.370. The maximum Gasteiger partial charge on any atom is 0.250 e. The molecule has 1 fully saturated rings. The molecule has 0 aromatic heterocycles. The lowest BCUT2D eigenvalue weighted by atomic mass is 10.1. The molecular weight excluding hydrogens is 180 g/mol. The monoisotopic (exact) mass is 194 g/mol. The van der Waals surface area contributed by atoms with Crippen molar-refractivity contribution in [1.29, 1.82) is 0 Å². The summed E-state index contributed by atoms with van der Waals surface area (Å²) in [5.41, 5.74) is 5.78. The van der Waals surface area contributed by atoms with Gasteiger partial charge < -0.3 is 15.4 Å². The zero-order valence-corrected chi connectivity index (χ0v) is 7.98. The van der Waals surface area contributed by atoms with Crippen molar-refractivity contribution in [2.75, 3.05) is 19.8 Å². The smallest absolute Gasteiger partial charge is 0.250 e. The number of nitrogens with zero attached hydrogens (tertiary/aromatic N) is 1. The summed E-state index contributed by atoms with van der Waals surface area (Å²) in [6, 6.07) is 0.397. The molecule has 1 amide bonds. The number of carbonyl (C=O) groups excluding carboxylic acids is 1. The molecule has 0 saturated carbocycles. The summed E-state index contributed by atoms with van der Waals surface area (Å²) in [6.45, 7) is 2.39. The molecule has 0 aliphatic carbocycles. The van der Waals surface area contributed by atoms with Crippen LogP contribution in [0.1, 0.15) is 6.42 Å². The molecule has 2 aliphatic heterocycles. The van der Waals surface area contributed by atoms with Gasteiger partial charge in [-0.2, -0.15) is 0 Å².